The van der Waals surface area contributed by atoms with Crippen molar-refractivity contribution in [1.29, 1.82) is 0 Å². The summed E-state index contributed by atoms with van der Waals surface area (Å²) in [6, 6.07) is -1.17. The molecule has 0 saturated carbocycles. The second-order valence-corrected chi connectivity index (χ2v) is 3.57. The monoisotopic (exact) mass is 256 g/mol. The van der Waals surface area contributed by atoms with Crippen molar-refractivity contribution in [2.45, 2.75) is 37.9 Å². The average molecular weight is 256 g/mol. The molecule has 1 atom stereocenters. The number of carboxylic acids is 1. The molecule has 0 rings (SSSR count). The summed E-state index contributed by atoms with van der Waals surface area (Å²) in [5, 5.41) is 10.6. The van der Waals surface area contributed by atoms with Gasteiger partial charge in [0.05, 0.1) is 12.5 Å². The van der Waals surface area contributed by atoms with Crippen molar-refractivity contribution >= 4 is 11.9 Å². The van der Waals surface area contributed by atoms with E-state index in [0.717, 1.165) is 0 Å². The molecule has 1 amide bonds. The van der Waals surface area contributed by atoms with Crippen molar-refractivity contribution in [1.82, 2.24) is 5.32 Å². The van der Waals surface area contributed by atoms with Crippen molar-refractivity contribution in [3.8, 4) is 0 Å². The van der Waals surface area contributed by atoms with E-state index in [0.29, 0.717) is 0 Å². The van der Waals surface area contributed by atoms with Gasteiger partial charge in [0.1, 0.15) is 0 Å². The average Bonchev–Trinajstić information content (AvgIpc) is 2.13. The largest absolute Gasteiger partial charge is 0.481 e. The summed E-state index contributed by atoms with van der Waals surface area (Å²) in [7, 11) is 0. The molecule has 0 saturated heterocycles. The van der Waals surface area contributed by atoms with E-state index in [1.807, 2.05) is 0 Å². The molecule has 0 aliphatic heterocycles. The molecule has 4 N–H and O–H groups in total. The molecule has 0 fully saturated rings. The highest BCUT2D eigenvalue weighted by molar-refractivity contribution is 5.85. The van der Waals surface area contributed by atoms with Crippen LogP contribution < -0.4 is 11.1 Å². The smallest absolute Gasteiger partial charge is 0.389 e. The van der Waals surface area contributed by atoms with E-state index in [9.17, 15) is 22.8 Å². The zero-order valence-corrected chi connectivity index (χ0v) is 9.09. The van der Waals surface area contributed by atoms with Crippen LogP contribution in [0.3, 0.4) is 0 Å². The molecule has 0 aliphatic carbocycles. The van der Waals surface area contributed by atoms with Crippen LogP contribution >= 0.6 is 0 Å². The molecule has 0 aromatic carbocycles. The number of alkyl halides is 3. The molecular weight excluding hydrogens is 241 g/mol. The fourth-order valence-electron chi connectivity index (χ4n) is 1.07. The number of nitrogens with two attached hydrogens (primary N) is 1. The number of halogens is 3. The van der Waals surface area contributed by atoms with Gasteiger partial charge >= 0.3 is 12.1 Å². The molecule has 100 valence electrons. The van der Waals surface area contributed by atoms with Gasteiger partial charge < -0.3 is 16.2 Å². The number of rotatable bonds is 7. The molecule has 0 heterocycles. The molecule has 0 aromatic rings. The van der Waals surface area contributed by atoms with Gasteiger partial charge in [0.2, 0.25) is 5.91 Å². The Kier molecular flexibility index (Phi) is 6.55. The first-order valence-corrected chi connectivity index (χ1v) is 5.04. The van der Waals surface area contributed by atoms with Gasteiger partial charge in [-0.1, -0.05) is 0 Å². The van der Waals surface area contributed by atoms with Gasteiger partial charge in [-0.3, -0.25) is 9.59 Å². The van der Waals surface area contributed by atoms with E-state index in [2.05, 4.69) is 5.32 Å². The maximum atomic E-state index is 11.7. The Hall–Kier alpha value is -1.31. The Morgan fingerprint density at radius 2 is 1.88 bits per heavy atom. The van der Waals surface area contributed by atoms with Gasteiger partial charge in [-0.25, -0.2) is 0 Å². The number of carboxylic acid groups (broad SMARTS) is 1. The summed E-state index contributed by atoms with van der Waals surface area (Å²) in [5.41, 5.74) is 5.23. The Morgan fingerprint density at radius 3 is 2.35 bits per heavy atom. The highest BCUT2D eigenvalue weighted by Crippen LogP contribution is 2.21. The van der Waals surface area contributed by atoms with Crippen LogP contribution in [0.5, 0.6) is 0 Å². The van der Waals surface area contributed by atoms with E-state index >= 15 is 0 Å². The normalized spacial score (nSPS) is 13.2. The maximum Gasteiger partial charge on any atom is 0.389 e. The number of hydrogen-bond donors (Lipinski definition) is 3. The first-order chi connectivity index (χ1) is 7.72. The number of nitrogens with one attached hydrogen (secondary N) is 1. The van der Waals surface area contributed by atoms with Crippen LogP contribution in [0.4, 0.5) is 13.2 Å². The quantitative estimate of drug-likeness (QED) is 0.583. The van der Waals surface area contributed by atoms with E-state index in [-0.39, 0.29) is 19.4 Å². The Bertz CT molecular complexity index is 269. The third-order valence-electron chi connectivity index (χ3n) is 1.92. The van der Waals surface area contributed by atoms with Crippen molar-refractivity contribution in [2.24, 2.45) is 5.73 Å². The lowest BCUT2D eigenvalue weighted by Gasteiger charge is -2.10. The molecule has 5 nitrogen and oxygen atoms in total. The van der Waals surface area contributed by atoms with Gasteiger partial charge in [0.15, 0.2) is 0 Å². The number of amides is 1. The van der Waals surface area contributed by atoms with Crippen molar-refractivity contribution in [3.05, 3.63) is 0 Å². The van der Waals surface area contributed by atoms with E-state index in [1.165, 1.54) is 0 Å². The first kappa shape index (κ1) is 15.7. The second kappa shape index (κ2) is 7.10. The highest BCUT2D eigenvalue weighted by atomic mass is 19.4. The van der Waals surface area contributed by atoms with Crippen LogP contribution in [0, 0.1) is 0 Å². The van der Waals surface area contributed by atoms with Crippen LogP contribution in [-0.4, -0.2) is 35.7 Å². The number of carbonyl (C=O) groups is 2. The molecule has 0 spiro atoms. The van der Waals surface area contributed by atoms with Gasteiger partial charge in [-0.15, -0.1) is 0 Å². The van der Waals surface area contributed by atoms with Crippen LogP contribution in [0.1, 0.15) is 25.7 Å². The number of hydrogen-bond acceptors (Lipinski definition) is 3. The zero-order chi connectivity index (χ0) is 13.5. The minimum Gasteiger partial charge on any atom is -0.481 e. The van der Waals surface area contributed by atoms with E-state index in [4.69, 9.17) is 10.8 Å². The lowest BCUT2D eigenvalue weighted by Crippen LogP contribution is -2.42. The predicted molar refractivity (Wildman–Crippen MR) is 53.1 cm³/mol. The molecule has 0 aliphatic rings. The van der Waals surface area contributed by atoms with Crippen molar-refractivity contribution in [2.75, 3.05) is 6.54 Å². The number of unbranched alkanes of at least 4 members (excludes halogenated alkanes) is 1. The van der Waals surface area contributed by atoms with Crippen LogP contribution in [0.2, 0.25) is 0 Å². The van der Waals surface area contributed by atoms with Crippen molar-refractivity contribution < 1.29 is 27.9 Å². The SMILES string of the molecule is NC(CC(=O)O)C(=O)NCCCCC(F)(F)F. The summed E-state index contributed by atoms with van der Waals surface area (Å²) >= 11 is 0. The fourth-order valence-corrected chi connectivity index (χ4v) is 1.07. The van der Waals surface area contributed by atoms with Gasteiger partial charge in [-0.05, 0) is 12.8 Å². The minimum absolute atomic E-state index is 0.0578. The van der Waals surface area contributed by atoms with Gasteiger partial charge in [0, 0.05) is 13.0 Å². The van der Waals surface area contributed by atoms with Gasteiger partial charge in [-0.2, -0.15) is 13.2 Å². The molecule has 0 bridgehead atoms. The third-order valence-corrected chi connectivity index (χ3v) is 1.92. The Labute approximate surface area is 96.2 Å². The number of aliphatic carboxylic acids is 1. The van der Waals surface area contributed by atoms with Crippen LogP contribution in [-0.2, 0) is 9.59 Å². The number of carbonyl (C=O) groups excluding carboxylic acids is 1. The second-order valence-electron chi connectivity index (χ2n) is 3.57. The fraction of sp³-hybridized carbons (Fsp3) is 0.778. The van der Waals surface area contributed by atoms with Crippen LogP contribution in [0.25, 0.3) is 0 Å². The van der Waals surface area contributed by atoms with Gasteiger partial charge in [0.25, 0.3) is 0 Å². The molecular formula is C9H15F3N2O3. The Morgan fingerprint density at radius 1 is 1.29 bits per heavy atom. The summed E-state index contributed by atoms with van der Waals surface area (Å²) in [6.45, 7) is 0.0578. The summed E-state index contributed by atoms with van der Waals surface area (Å²) < 4.78 is 35.2. The van der Waals surface area contributed by atoms with E-state index in [1.54, 1.807) is 0 Å². The first-order valence-electron chi connectivity index (χ1n) is 5.04. The topological polar surface area (TPSA) is 92.4 Å². The van der Waals surface area contributed by atoms with E-state index < -0.39 is 36.9 Å². The Balaban J connectivity index is 3.61. The zero-order valence-electron chi connectivity index (χ0n) is 9.09. The summed E-state index contributed by atoms with van der Waals surface area (Å²) in [6.07, 6.45) is -5.51. The summed E-state index contributed by atoms with van der Waals surface area (Å²) in [4.78, 5) is 21.3. The summed E-state index contributed by atoms with van der Waals surface area (Å²) in [5.74, 6) is -1.87. The molecule has 0 radical (unpaired) electrons. The molecule has 0 aromatic heterocycles. The molecule has 8 heteroatoms. The lowest BCUT2D eigenvalue weighted by molar-refractivity contribution is -0.139. The predicted octanol–water partition coefficient (Wildman–Crippen LogP) is 0.637. The lowest BCUT2D eigenvalue weighted by atomic mass is 10.2. The van der Waals surface area contributed by atoms with Crippen LogP contribution in [0.15, 0.2) is 0 Å². The van der Waals surface area contributed by atoms with Crippen molar-refractivity contribution in [3.63, 3.8) is 0 Å². The molecule has 1 unspecified atom stereocenters. The standard InChI is InChI=1S/C9H15F3N2O3/c10-9(11,12)3-1-2-4-14-8(17)6(13)5-7(15)16/h6H,1-5,13H2,(H,14,17)(H,15,16). The maximum absolute atomic E-state index is 11.7. The molecule has 17 heavy (non-hydrogen) atoms. The highest BCUT2D eigenvalue weighted by Gasteiger charge is 2.25. The third kappa shape index (κ3) is 9.61. The minimum atomic E-state index is -4.19.